The molecule has 0 amide bonds. The summed E-state index contributed by atoms with van der Waals surface area (Å²) in [4.78, 5) is 17.8. The number of aryl methyl sites for hydroxylation is 1. The van der Waals surface area contributed by atoms with Crippen LogP contribution in [0.1, 0.15) is 28.2 Å². The summed E-state index contributed by atoms with van der Waals surface area (Å²) in [5.74, 6) is 0.172. The van der Waals surface area contributed by atoms with Gasteiger partial charge in [0.2, 0.25) is 0 Å². The Morgan fingerprint density at radius 2 is 2.24 bits per heavy atom. The summed E-state index contributed by atoms with van der Waals surface area (Å²) < 4.78 is 2.12. The monoisotopic (exact) mass is 285 g/mol. The third-order valence-corrected chi connectivity index (χ3v) is 4.11. The number of carbonyl (C=O) groups is 1. The van der Waals surface area contributed by atoms with Gasteiger partial charge in [-0.05, 0) is 37.5 Å². The minimum Gasteiger partial charge on any atom is -0.478 e. The minimum absolute atomic E-state index is 0.441. The molecule has 3 rings (SSSR count). The van der Waals surface area contributed by atoms with Crippen molar-refractivity contribution in [3.05, 3.63) is 47.5 Å². The quantitative estimate of drug-likeness (QED) is 0.936. The molecule has 110 valence electrons. The van der Waals surface area contributed by atoms with Crippen LogP contribution in [0.3, 0.4) is 0 Å². The molecule has 21 heavy (non-hydrogen) atoms. The molecule has 2 heterocycles. The topological polar surface area (TPSA) is 58.4 Å². The predicted octanol–water partition coefficient (Wildman–Crippen LogP) is 2.34. The van der Waals surface area contributed by atoms with Crippen molar-refractivity contribution in [2.24, 2.45) is 0 Å². The summed E-state index contributed by atoms with van der Waals surface area (Å²) in [5.41, 5.74) is 2.48. The molecular weight excluding hydrogens is 266 g/mol. The molecule has 1 aromatic carbocycles. The summed E-state index contributed by atoms with van der Waals surface area (Å²) in [6.07, 6.45) is 5.63. The predicted molar refractivity (Wildman–Crippen MR) is 80.9 cm³/mol. The number of anilines is 1. The van der Waals surface area contributed by atoms with Crippen LogP contribution in [0.5, 0.6) is 0 Å². The molecule has 1 aromatic heterocycles. The number of imidazole rings is 1. The van der Waals surface area contributed by atoms with Gasteiger partial charge < -0.3 is 14.6 Å². The van der Waals surface area contributed by atoms with Gasteiger partial charge in [-0.3, -0.25) is 0 Å². The van der Waals surface area contributed by atoms with E-state index in [-0.39, 0.29) is 0 Å². The van der Waals surface area contributed by atoms with Crippen molar-refractivity contribution in [3.63, 3.8) is 0 Å². The summed E-state index contributed by atoms with van der Waals surface area (Å²) in [6.45, 7) is 4.70. The SMILES string of the molecule is Cc1nccn1CCN1CCCc2c(C(=O)O)cccc21. The Morgan fingerprint density at radius 3 is 2.95 bits per heavy atom. The van der Waals surface area contributed by atoms with Gasteiger partial charge in [0.15, 0.2) is 0 Å². The minimum atomic E-state index is -0.834. The van der Waals surface area contributed by atoms with Crippen molar-refractivity contribution in [1.29, 1.82) is 0 Å². The van der Waals surface area contributed by atoms with E-state index in [1.54, 1.807) is 6.07 Å². The Balaban J connectivity index is 1.82. The van der Waals surface area contributed by atoms with Crippen LogP contribution in [0, 0.1) is 6.92 Å². The van der Waals surface area contributed by atoms with Crippen LogP contribution in [0.25, 0.3) is 0 Å². The molecule has 0 aliphatic carbocycles. The maximum Gasteiger partial charge on any atom is 0.336 e. The number of aromatic nitrogens is 2. The number of benzene rings is 1. The number of nitrogens with zero attached hydrogens (tertiary/aromatic N) is 3. The Labute approximate surface area is 123 Å². The maximum atomic E-state index is 11.3. The molecule has 1 aliphatic heterocycles. The Bertz CT molecular complexity index is 663. The molecule has 0 bridgehead atoms. The van der Waals surface area contributed by atoms with Crippen molar-refractivity contribution in [2.75, 3.05) is 18.0 Å². The molecule has 0 atom stereocenters. The molecule has 0 fully saturated rings. The molecule has 5 nitrogen and oxygen atoms in total. The second-order valence-electron chi connectivity index (χ2n) is 5.37. The number of hydrogen-bond acceptors (Lipinski definition) is 3. The molecule has 1 aliphatic rings. The van der Waals surface area contributed by atoms with Crippen LogP contribution in [-0.4, -0.2) is 33.7 Å². The van der Waals surface area contributed by atoms with E-state index in [1.807, 2.05) is 31.5 Å². The van der Waals surface area contributed by atoms with Crippen LogP contribution in [0.15, 0.2) is 30.6 Å². The van der Waals surface area contributed by atoms with E-state index >= 15 is 0 Å². The lowest BCUT2D eigenvalue weighted by Crippen LogP contribution is -2.33. The summed E-state index contributed by atoms with van der Waals surface area (Å²) in [6, 6.07) is 5.56. The van der Waals surface area contributed by atoms with E-state index < -0.39 is 5.97 Å². The lowest BCUT2D eigenvalue weighted by molar-refractivity contribution is 0.0695. The van der Waals surface area contributed by atoms with E-state index in [0.717, 1.165) is 49.6 Å². The number of hydrogen-bond donors (Lipinski definition) is 1. The fourth-order valence-corrected chi connectivity index (χ4v) is 3.00. The molecule has 0 spiro atoms. The molecular formula is C16H19N3O2. The molecule has 0 unspecified atom stereocenters. The maximum absolute atomic E-state index is 11.3. The number of carboxylic acids is 1. The molecule has 1 N–H and O–H groups in total. The molecule has 0 radical (unpaired) electrons. The summed E-state index contributed by atoms with van der Waals surface area (Å²) in [5, 5.41) is 9.31. The van der Waals surface area contributed by atoms with Gasteiger partial charge in [-0.25, -0.2) is 9.78 Å². The fourth-order valence-electron chi connectivity index (χ4n) is 3.00. The first-order chi connectivity index (χ1) is 10.2. The lowest BCUT2D eigenvalue weighted by atomic mass is 9.96. The second-order valence-corrected chi connectivity index (χ2v) is 5.37. The summed E-state index contributed by atoms with van der Waals surface area (Å²) >= 11 is 0. The van der Waals surface area contributed by atoms with Gasteiger partial charge in [-0.1, -0.05) is 6.07 Å². The highest BCUT2D eigenvalue weighted by molar-refractivity contribution is 5.91. The van der Waals surface area contributed by atoms with Crippen molar-refractivity contribution < 1.29 is 9.90 Å². The highest BCUT2D eigenvalue weighted by atomic mass is 16.4. The first-order valence-electron chi connectivity index (χ1n) is 7.24. The van der Waals surface area contributed by atoms with Crippen LogP contribution in [0.4, 0.5) is 5.69 Å². The zero-order chi connectivity index (χ0) is 14.8. The van der Waals surface area contributed by atoms with E-state index in [0.29, 0.717) is 5.56 Å². The molecule has 2 aromatic rings. The van der Waals surface area contributed by atoms with Crippen LogP contribution in [-0.2, 0) is 13.0 Å². The van der Waals surface area contributed by atoms with E-state index in [4.69, 9.17) is 0 Å². The van der Waals surface area contributed by atoms with Crippen LogP contribution >= 0.6 is 0 Å². The average molecular weight is 285 g/mol. The zero-order valence-electron chi connectivity index (χ0n) is 12.1. The van der Waals surface area contributed by atoms with E-state index in [1.165, 1.54) is 0 Å². The van der Waals surface area contributed by atoms with Gasteiger partial charge in [0.05, 0.1) is 5.56 Å². The van der Waals surface area contributed by atoms with Crippen molar-refractivity contribution in [2.45, 2.75) is 26.3 Å². The smallest absolute Gasteiger partial charge is 0.336 e. The first-order valence-corrected chi connectivity index (χ1v) is 7.24. The van der Waals surface area contributed by atoms with Crippen molar-refractivity contribution in [1.82, 2.24) is 9.55 Å². The van der Waals surface area contributed by atoms with Gasteiger partial charge in [-0.2, -0.15) is 0 Å². The van der Waals surface area contributed by atoms with Gasteiger partial charge in [0, 0.05) is 37.7 Å². The van der Waals surface area contributed by atoms with Crippen LogP contribution in [0.2, 0.25) is 0 Å². The zero-order valence-corrected chi connectivity index (χ0v) is 12.1. The molecule has 0 saturated carbocycles. The lowest BCUT2D eigenvalue weighted by Gasteiger charge is -2.32. The number of aromatic carboxylic acids is 1. The molecule has 0 saturated heterocycles. The third kappa shape index (κ3) is 2.63. The van der Waals surface area contributed by atoms with Gasteiger partial charge in [-0.15, -0.1) is 0 Å². The van der Waals surface area contributed by atoms with Crippen LogP contribution < -0.4 is 4.90 Å². The third-order valence-electron chi connectivity index (χ3n) is 4.11. The van der Waals surface area contributed by atoms with E-state index in [9.17, 15) is 9.90 Å². The average Bonchev–Trinajstić information content (AvgIpc) is 2.89. The normalized spacial score (nSPS) is 14.0. The summed E-state index contributed by atoms with van der Waals surface area (Å²) in [7, 11) is 0. The number of fused-ring (bicyclic) bond motifs is 1. The van der Waals surface area contributed by atoms with Gasteiger partial charge in [0.1, 0.15) is 5.82 Å². The van der Waals surface area contributed by atoms with Gasteiger partial charge in [0.25, 0.3) is 0 Å². The highest BCUT2D eigenvalue weighted by Crippen LogP contribution is 2.29. The van der Waals surface area contributed by atoms with Crippen molar-refractivity contribution in [3.8, 4) is 0 Å². The van der Waals surface area contributed by atoms with E-state index in [2.05, 4.69) is 14.5 Å². The first kappa shape index (κ1) is 13.7. The Hall–Kier alpha value is -2.30. The second kappa shape index (κ2) is 5.60. The fraction of sp³-hybridized carbons (Fsp3) is 0.375. The molecule has 5 heteroatoms. The Kier molecular flexibility index (Phi) is 3.64. The van der Waals surface area contributed by atoms with Gasteiger partial charge >= 0.3 is 5.97 Å². The standard InChI is InChI=1S/C16H19N3O2/c1-12-17-7-9-18(12)10-11-19-8-3-5-13-14(16(20)21)4-2-6-15(13)19/h2,4,6-7,9H,3,5,8,10-11H2,1H3,(H,20,21). The highest BCUT2D eigenvalue weighted by Gasteiger charge is 2.21. The Morgan fingerprint density at radius 1 is 1.38 bits per heavy atom. The number of rotatable bonds is 4. The largest absolute Gasteiger partial charge is 0.478 e. The van der Waals surface area contributed by atoms with Crippen molar-refractivity contribution >= 4 is 11.7 Å². The number of carboxylic acid groups (broad SMARTS) is 1.